The van der Waals surface area contributed by atoms with Crippen LogP contribution in [0.25, 0.3) is 0 Å². The maximum Gasteiger partial charge on any atom is 0.355 e. The summed E-state index contributed by atoms with van der Waals surface area (Å²) in [6.45, 7) is 0. The highest BCUT2D eigenvalue weighted by molar-refractivity contribution is 7.09. The molecule has 0 bridgehead atoms. The number of nitrogens with zero attached hydrogens (tertiary/aromatic N) is 1. The number of carboxylic acids is 1. The summed E-state index contributed by atoms with van der Waals surface area (Å²) in [5.41, 5.74) is 0.196. The number of rotatable bonds is 2. The van der Waals surface area contributed by atoms with E-state index in [1.165, 1.54) is 30.6 Å². The number of aromatic nitrogens is 1. The van der Waals surface area contributed by atoms with Crippen molar-refractivity contribution < 1.29 is 9.90 Å². The van der Waals surface area contributed by atoms with Gasteiger partial charge in [0, 0.05) is 11.3 Å². The van der Waals surface area contributed by atoms with Crippen LogP contribution < -0.4 is 0 Å². The number of hydrogen-bond acceptors (Lipinski definition) is 3. The average molecular weight is 183 g/mol. The molecule has 2 rings (SSSR count). The fraction of sp³-hybridized carbons (Fsp3) is 0.500. The Hall–Kier alpha value is -0.900. The summed E-state index contributed by atoms with van der Waals surface area (Å²) in [4.78, 5) is 14.5. The van der Waals surface area contributed by atoms with Crippen molar-refractivity contribution in [2.24, 2.45) is 0 Å². The van der Waals surface area contributed by atoms with E-state index in [4.69, 9.17) is 5.11 Å². The van der Waals surface area contributed by atoms with Crippen molar-refractivity contribution in [1.29, 1.82) is 0 Å². The van der Waals surface area contributed by atoms with Crippen molar-refractivity contribution >= 4 is 17.3 Å². The highest BCUT2D eigenvalue weighted by Gasteiger charge is 2.23. The molecule has 0 spiro atoms. The third-order valence-corrected chi connectivity index (χ3v) is 3.20. The first-order chi connectivity index (χ1) is 5.77. The van der Waals surface area contributed by atoms with Gasteiger partial charge in [0.25, 0.3) is 0 Å². The predicted octanol–water partition coefficient (Wildman–Crippen LogP) is 2.11. The molecule has 0 radical (unpaired) electrons. The fourth-order valence-corrected chi connectivity index (χ4v) is 2.19. The van der Waals surface area contributed by atoms with Crippen LogP contribution in [0.4, 0.5) is 0 Å². The second-order valence-electron chi connectivity index (χ2n) is 3.00. The lowest BCUT2D eigenvalue weighted by atomic mass is 9.86. The zero-order chi connectivity index (χ0) is 8.55. The van der Waals surface area contributed by atoms with Crippen LogP contribution in [0, 0.1) is 0 Å². The number of carbonyl (C=O) groups is 1. The van der Waals surface area contributed by atoms with Crippen LogP contribution in [0.3, 0.4) is 0 Å². The second kappa shape index (κ2) is 2.86. The highest BCUT2D eigenvalue weighted by Crippen LogP contribution is 2.37. The van der Waals surface area contributed by atoms with Gasteiger partial charge in [-0.15, -0.1) is 11.3 Å². The highest BCUT2D eigenvalue weighted by atomic mass is 32.1. The van der Waals surface area contributed by atoms with E-state index in [1.54, 1.807) is 5.38 Å². The monoisotopic (exact) mass is 183 g/mol. The van der Waals surface area contributed by atoms with Crippen molar-refractivity contribution in [2.75, 3.05) is 0 Å². The smallest absolute Gasteiger partial charge is 0.355 e. The molecular weight excluding hydrogens is 174 g/mol. The first-order valence-electron chi connectivity index (χ1n) is 3.96. The van der Waals surface area contributed by atoms with E-state index in [1.807, 2.05) is 0 Å². The molecule has 4 heteroatoms. The molecule has 0 aromatic carbocycles. The summed E-state index contributed by atoms with van der Waals surface area (Å²) in [5, 5.41) is 11.2. The summed E-state index contributed by atoms with van der Waals surface area (Å²) in [6.07, 6.45) is 3.60. The van der Waals surface area contributed by atoms with E-state index in [2.05, 4.69) is 4.98 Å². The second-order valence-corrected chi connectivity index (χ2v) is 3.89. The van der Waals surface area contributed by atoms with E-state index in [0.717, 1.165) is 5.01 Å². The molecule has 64 valence electrons. The minimum atomic E-state index is -0.920. The Bertz CT molecular complexity index is 304. The maximum absolute atomic E-state index is 10.5. The van der Waals surface area contributed by atoms with E-state index in [0.29, 0.717) is 5.92 Å². The Balaban J connectivity index is 2.17. The van der Waals surface area contributed by atoms with E-state index in [-0.39, 0.29) is 5.69 Å². The minimum absolute atomic E-state index is 0.196. The van der Waals surface area contributed by atoms with E-state index in [9.17, 15) is 4.79 Å². The van der Waals surface area contributed by atoms with Crippen LogP contribution >= 0.6 is 11.3 Å². The van der Waals surface area contributed by atoms with Gasteiger partial charge in [0.05, 0.1) is 5.01 Å². The normalized spacial score (nSPS) is 17.3. The van der Waals surface area contributed by atoms with Gasteiger partial charge in [-0.05, 0) is 12.8 Å². The summed E-state index contributed by atoms with van der Waals surface area (Å²) < 4.78 is 0. The molecule has 1 aromatic heterocycles. The summed E-state index contributed by atoms with van der Waals surface area (Å²) in [7, 11) is 0. The van der Waals surface area contributed by atoms with Crippen LogP contribution in [-0.4, -0.2) is 16.1 Å². The quantitative estimate of drug-likeness (QED) is 0.763. The van der Waals surface area contributed by atoms with Crippen molar-refractivity contribution in [3.05, 3.63) is 16.1 Å². The molecule has 0 amide bonds. The summed E-state index contributed by atoms with van der Waals surface area (Å²) in [5.74, 6) is -0.375. The van der Waals surface area contributed by atoms with Crippen LogP contribution in [0.2, 0.25) is 0 Å². The lowest BCUT2D eigenvalue weighted by Gasteiger charge is -2.22. The molecule has 12 heavy (non-hydrogen) atoms. The van der Waals surface area contributed by atoms with Crippen LogP contribution in [0.1, 0.15) is 40.7 Å². The largest absolute Gasteiger partial charge is 0.476 e. The number of thiazole rings is 1. The molecule has 1 aliphatic carbocycles. The Morgan fingerprint density at radius 3 is 2.83 bits per heavy atom. The number of hydrogen-bond donors (Lipinski definition) is 1. The standard InChI is InChI=1S/C8H9NO2S/c10-8(11)6-4-12-7(9-6)5-2-1-3-5/h4-5H,1-3H2,(H,10,11). The summed E-state index contributed by atoms with van der Waals surface area (Å²) >= 11 is 1.47. The first-order valence-corrected chi connectivity index (χ1v) is 4.84. The zero-order valence-corrected chi connectivity index (χ0v) is 7.30. The molecule has 0 saturated heterocycles. The average Bonchev–Trinajstić information content (AvgIpc) is 2.32. The van der Waals surface area contributed by atoms with Gasteiger partial charge in [-0.1, -0.05) is 6.42 Å². The molecule has 0 unspecified atom stereocenters. The lowest BCUT2D eigenvalue weighted by Crippen LogP contribution is -2.08. The van der Waals surface area contributed by atoms with Crippen molar-refractivity contribution in [2.45, 2.75) is 25.2 Å². The topological polar surface area (TPSA) is 50.2 Å². The van der Waals surface area contributed by atoms with Crippen LogP contribution in [0.15, 0.2) is 5.38 Å². The van der Waals surface area contributed by atoms with Crippen LogP contribution in [-0.2, 0) is 0 Å². The molecule has 0 aliphatic heterocycles. The lowest BCUT2D eigenvalue weighted by molar-refractivity contribution is 0.0691. The Morgan fingerprint density at radius 1 is 1.67 bits per heavy atom. The molecular formula is C8H9NO2S. The van der Waals surface area contributed by atoms with E-state index < -0.39 is 5.97 Å². The van der Waals surface area contributed by atoms with Crippen LogP contribution in [0.5, 0.6) is 0 Å². The van der Waals surface area contributed by atoms with Crippen molar-refractivity contribution in [3.63, 3.8) is 0 Å². The van der Waals surface area contributed by atoms with Gasteiger partial charge in [-0.2, -0.15) is 0 Å². The van der Waals surface area contributed by atoms with Gasteiger partial charge in [0.15, 0.2) is 5.69 Å². The molecule has 1 fully saturated rings. The Kier molecular flexibility index (Phi) is 1.84. The van der Waals surface area contributed by atoms with Gasteiger partial charge in [-0.3, -0.25) is 0 Å². The fourth-order valence-electron chi connectivity index (χ4n) is 1.23. The van der Waals surface area contributed by atoms with Gasteiger partial charge >= 0.3 is 5.97 Å². The molecule has 3 nitrogen and oxygen atoms in total. The third kappa shape index (κ3) is 1.22. The SMILES string of the molecule is O=C(O)c1csc(C2CCC2)n1. The Morgan fingerprint density at radius 2 is 2.42 bits per heavy atom. The first kappa shape index (κ1) is 7.73. The van der Waals surface area contributed by atoms with Gasteiger partial charge in [0.2, 0.25) is 0 Å². The number of carboxylic acid groups (broad SMARTS) is 1. The zero-order valence-electron chi connectivity index (χ0n) is 6.49. The van der Waals surface area contributed by atoms with Gasteiger partial charge in [-0.25, -0.2) is 9.78 Å². The van der Waals surface area contributed by atoms with Gasteiger partial charge in [0.1, 0.15) is 0 Å². The molecule has 0 atom stereocenters. The predicted molar refractivity (Wildman–Crippen MR) is 45.7 cm³/mol. The molecule has 1 heterocycles. The van der Waals surface area contributed by atoms with Crippen molar-refractivity contribution in [1.82, 2.24) is 4.98 Å². The number of aromatic carboxylic acids is 1. The Labute approximate surface area is 74.1 Å². The molecule has 1 aromatic rings. The maximum atomic E-state index is 10.5. The van der Waals surface area contributed by atoms with Gasteiger partial charge < -0.3 is 5.11 Å². The molecule has 1 N–H and O–H groups in total. The van der Waals surface area contributed by atoms with E-state index >= 15 is 0 Å². The van der Waals surface area contributed by atoms with Crippen molar-refractivity contribution in [3.8, 4) is 0 Å². The molecule has 1 aliphatic rings. The summed E-state index contributed by atoms with van der Waals surface area (Å²) in [6, 6.07) is 0. The third-order valence-electron chi connectivity index (χ3n) is 2.20. The molecule has 1 saturated carbocycles. The minimum Gasteiger partial charge on any atom is -0.476 e.